The minimum absolute atomic E-state index is 0.970. The van der Waals surface area contributed by atoms with Gasteiger partial charge in [0, 0.05) is 0 Å². The second kappa shape index (κ2) is 2.11. The SMILES string of the molecule is CC1=C2CCCC2C(C)C1. The molecule has 0 heteroatoms. The van der Waals surface area contributed by atoms with Crippen molar-refractivity contribution >= 4 is 0 Å². The molecule has 2 unspecified atom stereocenters. The fraction of sp³-hybridized carbons (Fsp3) is 0.800. The smallest absolute Gasteiger partial charge is 0.0172 e. The maximum atomic E-state index is 2.41. The highest BCUT2D eigenvalue weighted by Crippen LogP contribution is 2.46. The lowest BCUT2D eigenvalue weighted by atomic mass is 9.95. The van der Waals surface area contributed by atoms with E-state index in [0.717, 1.165) is 11.8 Å². The molecule has 0 saturated heterocycles. The molecule has 0 aromatic heterocycles. The molecule has 0 nitrogen and oxygen atoms in total. The molecule has 0 aliphatic heterocycles. The second-order valence-corrected chi connectivity index (χ2v) is 3.99. The Balaban J connectivity index is 2.27. The Morgan fingerprint density at radius 3 is 2.90 bits per heavy atom. The largest absolute Gasteiger partial charge is 0.0735 e. The van der Waals surface area contributed by atoms with E-state index < -0.39 is 0 Å². The maximum absolute atomic E-state index is 2.41. The highest BCUT2D eigenvalue weighted by atomic mass is 14.4. The van der Waals surface area contributed by atoms with Crippen molar-refractivity contribution in [2.45, 2.75) is 39.5 Å². The first kappa shape index (κ1) is 6.45. The Morgan fingerprint density at radius 1 is 1.40 bits per heavy atom. The average molecular weight is 136 g/mol. The van der Waals surface area contributed by atoms with Crippen molar-refractivity contribution in [2.75, 3.05) is 0 Å². The van der Waals surface area contributed by atoms with Crippen molar-refractivity contribution < 1.29 is 0 Å². The van der Waals surface area contributed by atoms with Crippen molar-refractivity contribution in [3.8, 4) is 0 Å². The van der Waals surface area contributed by atoms with Gasteiger partial charge in [-0.25, -0.2) is 0 Å². The van der Waals surface area contributed by atoms with Gasteiger partial charge in [-0.3, -0.25) is 0 Å². The van der Waals surface area contributed by atoms with Gasteiger partial charge in [-0.05, 0) is 44.4 Å². The third-order valence-corrected chi connectivity index (χ3v) is 3.27. The highest BCUT2D eigenvalue weighted by Gasteiger charge is 2.32. The molecule has 1 fully saturated rings. The molecule has 0 spiro atoms. The Morgan fingerprint density at radius 2 is 2.20 bits per heavy atom. The second-order valence-electron chi connectivity index (χ2n) is 3.99. The number of hydrogen-bond acceptors (Lipinski definition) is 0. The van der Waals surface area contributed by atoms with Crippen LogP contribution in [-0.4, -0.2) is 0 Å². The van der Waals surface area contributed by atoms with Crippen LogP contribution in [0.25, 0.3) is 0 Å². The van der Waals surface area contributed by atoms with Gasteiger partial charge < -0.3 is 0 Å². The van der Waals surface area contributed by atoms with Crippen LogP contribution in [0.4, 0.5) is 0 Å². The first-order chi connectivity index (χ1) is 4.79. The average Bonchev–Trinajstić information content (AvgIpc) is 2.39. The van der Waals surface area contributed by atoms with Crippen LogP contribution < -0.4 is 0 Å². The molecular formula is C10H16. The molecule has 2 aliphatic carbocycles. The van der Waals surface area contributed by atoms with Crippen molar-refractivity contribution in [3.05, 3.63) is 11.1 Å². The van der Waals surface area contributed by atoms with Gasteiger partial charge in [0.1, 0.15) is 0 Å². The minimum atomic E-state index is 0.970. The normalized spacial score (nSPS) is 39.0. The maximum Gasteiger partial charge on any atom is -0.0172 e. The number of rotatable bonds is 0. The first-order valence-corrected chi connectivity index (χ1v) is 4.47. The van der Waals surface area contributed by atoms with Gasteiger partial charge >= 0.3 is 0 Å². The zero-order chi connectivity index (χ0) is 7.14. The summed E-state index contributed by atoms with van der Waals surface area (Å²) in [5, 5.41) is 0. The van der Waals surface area contributed by atoms with Crippen LogP contribution in [0.1, 0.15) is 39.5 Å². The fourth-order valence-electron chi connectivity index (χ4n) is 2.79. The van der Waals surface area contributed by atoms with Crippen molar-refractivity contribution in [2.24, 2.45) is 11.8 Å². The Bertz CT molecular complexity index is 176. The number of fused-ring (bicyclic) bond motifs is 1. The molecular weight excluding hydrogens is 120 g/mol. The van der Waals surface area contributed by atoms with E-state index in [1.807, 2.05) is 5.57 Å². The summed E-state index contributed by atoms with van der Waals surface area (Å²) in [7, 11) is 0. The molecule has 2 atom stereocenters. The quantitative estimate of drug-likeness (QED) is 0.449. The van der Waals surface area contributed by atoms with E-state index in [0.29, 0.717) is 0 Å². The molecule has 0 amide bonds. The highest BCUT2D eigenvalue weighted by molar-refractivity contribution is 5.25. The summed E-state index contributed by atoms with van der Waals surface area (Å²) in [6.45, 7) is 4.74. The van der Waals surface area contributed by atoms with Gasteiger partial charge in [-0.2, -0.15) is 0 Å². The topological polar surface area (TPSA) is 0 Å². The Labute approximate surface area is 63.3 Å². The van der Waals surface area contributed by atoms with Crippen LogP contribution in [0.5, 0.6) is 0 Å². The molecule has 2 aliphatic rings. The van der Waals surface area contributed by atoms with Crippen LogP contribution in [0, 0.1) is 11.8 Å². The molecule has 0 bridgehead atoms. The van der Waals surface area contributed by atoms with E-state index >= 15 is 0 Å². The lowest BCUT2D eigenvalue weighted by Crippen LogP contribution is -2.01. The van der Waals surface area contributed by atoms with E-state index in [1.54, 1.807) is 5.57 Å². The summed E-state index contributed by atoms with van der Waals surface area (Å²) in [5.41, 5.74) is 3.54. The summed E-state index contributed by atoms with van der Waals surface area (Å²) in [6, 6.07) is 0. The third kappa shape index (κ3) is 0.744. The molecule has 1 saturated carbocycles. The van der Waals surface area contributed by atoms with E-state index in [-0.39, 0.29) is 0 Å². The van der Waals surface area contributed by atoms with Gasteiger partial charge in [0.05, 0.1) is 0 Å². The van der Waals surface area contributed by atoms with Crippen molar-refractivity contribution in [3.63, 3.8) is 0 Å². The van der Waals surface area contributed by atoms with E-state index in [4.69, 9.17) is 0 Å². The lowest BCUT2D eigenvalue weighted by Gasteiger charge is -2.10. The van der Waals surface area contributed by atoms with Gasteiger partial charge in [0.15, 0.2) is 0 Å². The van der Waals surface area contributed by atoms with Crippen molar-refractivity contribution in [1.82, 2.24) is 0 Å². The van der Waals surface area contributed by atoms with Crippen molar-refractivity contribution in [1.29, 1.82) is 0 Å². The minimum Gasteiger partial charge on any atom is -0.0735 e. The molecule has 0 heterocycles. The van der Waals surface area contributed by atoms with Crippen LogP contribution in [0.15, 0.2) is 11.1 Å². The summed E-state index contributed by atoms with van der Waals surface area (Å²) < 4.78 is 0. The lowest BCUT2D eigenvalue weighted by molar-refractivity contribution is 0.448. The Hall–Kier alpha value is -0.260. The summed E-state index contributed by atoms with van der Waals surface area (Å²) in [4.78, 5) is 0. The van der Waals surface area contributed by atoms with Crippen LogP contribution >= 0.6 is 0 Å². The predicted molar refractivity (Wildman–Crippen MR) is 43.8 cm³/mol. The van der Waals surface area contributed by atoms with Gasteiger partial charge in [-0.15, -0.1) is 0 Å². The summed E-state index contributed by atoms with van der Waals surface area (Å²) in [6.07, 6.45) is 5.75. The van der Waals surface area contributed by atoms with Crippen LogP contribution in [0.3, 0.4) is 0 Å². The van der Waals surface area contributed by atoms with E-state index in [9.17, 15) is 0 Å². The summed E-state index contributed by atoms with van der Waals surface area (Å²) in [5.74, 6) is 1.97. The molecule has 2 rings (SSSR count). The molecule has 10 heavy (non-hydrogen) atoms. The zero-order valence-electron chi connectivity index (χ0n) is 6.98. The molecule has 56 valence electrons. The first-order valence-electron chi connectivity index (χ1n) is 4.47. The molecule has 0 radical (unpaired) electrons. The Kier molecular flexibility index (Phi) is 1.36. The van der Waals surface area contributed by atoms with Gasteiger partial charge in [0.2, 0.25) is 0 Å². The predicted octanol–water partition coefficient (Wildman–Crippen LogP) is 3.14. The van der Waals surface area contributed by atoms with E-state index in [1.165, 1.54) is 25.7 Å². The zero-order valence-corrected chi connectivity index (χ0v) is 6.98. The number of hydrogen-bond donors (Lipinski definition) is 0. The third-order valence-electron chi connectivity index (χ3n) is 3.27. The molecule has 0 aromatic rings. The molecule has 0 aromatic carbocycles. The monoisotopic (exact) mass is 136 g/mol. The fourth-order valence-corrected chi connectivity index (χ4v) is 2.79. The van der Waals surface area contributed by atoms with Gasteiger partial charge in [-0.1, -0.05) is 18.1 Å². The van der Waals surface area contributed by atoms with Crippen LogP contribution in [-0.2, 0) is 0 Å². The molecule has 0 N–H and O–H groups in total. The van der Waals surface area contributed by atoms with E-state index in [2.05, 4.69) is 13.8 Å². The summed E-state index contributed by atoms with van der Waals surface area (Å²) >= 11 is 0. The number of allylic oxidation sites excluding steroid dienone is 2. The standard InChI is InChI=1S/C10H16/c1-7-6-8(2)10-5-3-4-9(7)10/h7,9H,3-6H2,1-2H3. The van der Waals surface area contributed by atoms with Crippen LogP contribution in [0.2, 0.25) is 0 Å². The van der Waals surface area contributed by atoms with Gasteiger partial charge in [0.25, 0.3) is 0 Å².